The Morgan fingerprint density at radius 1 is 1.13 bits per heavy atom. The van der Waals surface area contributed by atoms with Crippen LogP contribution in [-0.4, -0.2) is 70.6 Å². The number of anilines is 4. The van der Waals surface area contributed by atoms with Gasteiger partial charge in [-0.1, -0.05) is 11.6 Å². The first kappa shape index (κ1) is 21.7. The van der Waals surface area contributed by atoms with E-state index in [1.165, 1.54) is 14.2 Å². The van der Waals surface area contributed by atoms with Crippen molar-refractivity contribution in [3.05, 3.63) is 23.4 Å². The van der Waals surface area contributed by atoms with E-state index in [0.29, 0.717) is 52.9 Å². The highest BCUT2D eigenvalue weighted by Crippen LogP contribution is 2.36. The Hall–Kier alpha value is -2.98. The van der Waals surface area contributed by atoms with Crippen molar-refractivity contribution in [2.45, 2.75) is 0 Å². The monoisotopic (exact) mass is 436 g/mol. The molecule has 2 heterocycles. The number of rotatable bonds is 6. The van der Waals surface area contributed by atoms with E-state index in [1.54, 1.807) is 18.3 Å². The number of nitrogens with one attached hydrogen (secondary N) is 2. The van der Waals surface area contributed by atoms with Gasteiger partial charge in [-0.05, 0) is 6.07 Å². The first-order valence-electron chi connectivity index (χ1n) is 9.29. The molecule has 10 nitrogen and oxygen atoms in total. The van der Waals surface area contributed by atoms with Gasteiger partial charge in [-0.25, -0.2) is 9.78 Å². The zero-order chi connectivity index (χ0) is 21.7. The highest BCUT2D eigenvalue weighted by atomic mass is 35.5. The average molecular weight is 437 g/mol. The van der Waals surface area contributed by atoms with Gasteiger partial charge in [-0.15, -0.1) is 0 Å². The second-order valence-corrected chi connectivity index (χ2v) is 7.07. The third kappa shape index (κ3) is 4.95. The standard InChI is InChI=1S/C19H25ClN6O4/c1-25(2)17-14(11-21-18(24-17)26-5-7-30-8-6-26)23-19(27)22-13-9-12(20)15(28-3)10-16(13)29-4/h9-11H,5-8H2,1-4H3,(H2,22,23,27). The number of benzene rings is 1. The van der Waals surface area contributed by atoms with Crippen LogP contribution in [0.4, 0.5) is 27.9 Å². The lowest BCUT2D eigenvalue weighted by atomic mass is 10.2. The predicted molar refractivity (Wildman–Crippen MR) is 117 cm³/mol. The first-order chi connectivity index (χ1) is 14.4. The van der Waals surface area contributed by atoms with Gasteiger partial charge in [0.25, 0.3) is 0 Å². The molecule has 0 bridgehead atoms. The van der Waals surface area contributed by atoms with Gasteiger partial charge in [-0.2, -0.15) is 4.98 Å². The van der Waals surface area contributed by atoms with Gasteiger partial charge in [0.05, 0.1) is 44.3 Å². The Morgan fingerprint density at radius 2 is 1.80 bits per heavy atom. The zero-order valence-corrected chi connectivity index (χ0v) is 18.1. The van der Waals surface area contributed by atoms with Crippen molar-refractivity contribution in [1.82, 2.24) is 9.97 Å². The summed E-state index contributed by atoms with van der Waals surface area (Å²) >= 11 is 6.17. The molecule has 2 amide bonds. The molecular weight excluding hydrogens is 412 g/mol. The Morgan fingerprint density at radius 3 is 2.43 bits per heavy atom. The molecule has 0 radical (unpaired) electrons. The third-order valence-corrected chi connectivity index (χ3v) is 4.74. The number of aromatic nitrogens is 2. The van der Waals surface area contributed by atoms with Gasteiger partial charge in [-0.3, -0.25) is 0 Å². The summed E-state index contributed by atoms with van der Waals surface area (Å²) in [5.74, 6) is 2.04. The molecule has 0 spiro atoms. The van der Waals surface area contributed by atoms with Crippen molar-refractivity contribution < 1.29 is 19.0 Å². The van der Waals surface area contributed by atoms with E-state index in [2.05, 4.69) is 20.6 Å². The van der Waals surface area contributed by atoms with E-state index in [0.717, 1.165) is 13.1 Å². The van der Waals surface area contributed by atoms with Gasteiger partial charge in [0, 0.05) is 33.3 Å². The highest BCUT2D eigenvalue weighted by Gasteiger charge is 2.19. The van der Waals surface area contributed by atoms with Gasteiger partial charge in [0.2, 0.25) is 5.95 Å². The summed E-state index contributed by atoms with van der Waals surface area (Å²) in [6.07, 6.45) is 1.59. The molecular formula is C19H25ClN6O4. The summed E-state index contributed by atoms with van der Waals surface area (Å²) < 4.78 is 15.9. The Labute approximate surface area is 180 Å². The number of urea groups is 1. The summed E-state index contributed by atoms with van der Waals surface area (Å²) in [6, 6.07) is 2.67. The predicted octanol–water partition coefficient (Wildman–Crippen LogP) is 2.69. The summed E-state index contributed by atoms with van der Waals surface area (Å²) in [5.41, 5.74) is 0.867. The molecule has 11 heteroatoms. The maximum absolute atomic E-state index is 12.6. The summed E-state index contributed by atoms with van der Waals surface area (Å²) in [7, 11) is 6.69. The first-order valence-corrected chi connectivity index (χ1v) is 9.67. The minimum absolute atomic E-state index is 0.348. The van der Waals surface area contributed by atoms with E-state index < -0.39 is 6.03 Å². The van der Waals surface area contributed by atoms with E-state index in [9.17, 15) is 4.79 Å². The topological polar surface area (TPSA) is 101 Å². The molecule has 2 N–H and O–H groups in total. The number of hydrogen-bond acceptors (Lipinski definition) is 8. The van der Waals surface area contributed by atoms with Gasteiger partial charge in [0.1, 0.15) is 17.2 Å². The van der Waals surface area contributed by atoms with E-state index in [-0.39, 0.29) is 0 Å². The van der Waals surface area contributed by atoms with Crippen molar-refractivity contribution >= 4 is 40.8 Å². The van der Waals surface area contributed by atoms with E-state index >= 15 is 0 Å². The van der Waals surface area contributed by atoms with Gasteiger partial charge < -0.3 is 34.6 Å². The molecule has 2 aromatic rings. The number of ether oxygens (including phenoxy) is 3. The maximum atomic E-state index is 12.6. The lowest BCUT2D eigenvalue weighted by molar-refractivity contribution is 0.122. The average Bonchev–Trinajstić information content (AvgIpc) is 2.74. The number of hydrogen-bond donors (Lipinski definition) is 2. The molecule has 0 aliphatic carbocycles. The molecule has 162 valence electrons. The van der Waals surface area contributed by atoms with Crippen LogP contribution < -0.4 is 29.9 Å². The smallest absolute Gasteiger partial charge is 0.323 e. The molecule has 1 saturated heterocycles. The van der Waals surface area contributed by atoms with Crippen LogP contribution in [-0.2, 0) is 4.74 Å². The van der Waals surface area contributed by atoms with Crippen LogP contribution in [0.5, 0.6) is 11.5 Å². The largest absolute Gasteiger partial charge is 0.495 e. The minimum atomic E-state index is -0.486. The summed E-state index contributed by atoms with van der Waals surface area (Å²) in [6.45, 7) is 2.71. The van der Waals surface area contributed by atoms with Gasteiger partial charge in [0.15, 0.2) is 5.82 Å². The zero-order valence-electron chi connectivity index (χ0n) is 17.4. The number of carbonyl (C=O) groups is 1. The minimum Gasteiger partial charge on any atom is -0.495 e. The number of carbonyl (C=O) groups excluding carboxylic acids is 1. The number of methoxy groups -OCH3 is 2. The Kier molecular flexibility index (Phi) is 7.01. The van der Waals surface area contributed by atoms with Crippen LogP contribution in [0.15, 0.2) is 18.3 Å². The van der Waals surface area contributed by atoms with Crippen molar-refractivity contribution in [2.75, 3.05) is 75.1 Å². The Bertz CT molecular complexity index is 905. The lowest BCUT2D eigenvalue weighted by Gasteiger charge is -2.28. The molecule has 1 aliphatic rings. The summed E-state index contributed by atoms with van der Waals surface area (Å²) in [5, 5.41) is 5.86. The van der Waals surface area contributed by atoms with Crippen LogP contribution in [0.25, 0.3) is 0 Å². The van der Waals surface area contributed by atoms with E-state index in [4.69, 9.17) is 25.8 Å². The second-order valence-electron chi connectivity index (χ2n) is 6.67. The molecule has 30 heavy (non-hydrogen) atoms. The number of morpholine rings is 1. The van der Waals surface area contributed by atoms with Crippen molar-refractivity contribution in [3.63, 3.8) is 0 Å². The molecule has 1 aromatic carbocycles. The molecule has 1 fully saturated rings. The quantitative estimate of drug-likeness (QED) is 0.712. The highest BCUT2D eigenvalue weighted by molar-refractivity contribution is 6.32. The van der Waals surface area contributed by atoms with Crippen LogP contribution in [0.2, 0.25) is 5.02 Å². The molecule has 1 aliphatic heterocycles. The van der Waals surface area contributed by atoms with Crippen LogP contribution >= 0.6 is 11.6 Å². The number of nitrogens with zero attached hydrogens (tertiary/aromatic N) is 4. The molecule has 1 aromatic heterocycles. The molecule has 0 saturated carbocycles. The fourth-order valence-electron chi connectivity index (χ4n) is 2.94. The van der Waals surface area contributed by atoms with Crippen molar-refractivity contribution in [1.29, 1.82) is 0 Å². The Balaban J connectivity index is 1.78. The SMILES string of the molecule is COc1cc(OC)c(NC(=O)Nc2cnc(N3CCOCC3)nc2N(C)C)cc1Cl. The van der Waals surface area contributed by atoms with Crippen LogP contribution in [0.3, 0.4) is 0 Å². The molecule has 0 unspecified atom stereocenters. The van der Waals surface area contributed by atoms with Crippen LogP contribution in [0, 0.1) is 0 Å². The third-order valence-electron chi connectivity index (χ3n) is 4.44. The normalized spacial score (nSPS) is 13.6. The number of amides is 2. The fourth-order valence-corrected chi connectivity index (χ4v) is 3.18. The molecule has 0 atom stereocenters. The van der Waals surface area contributed by atoms with Crippen LogP contribution in [0.1, 0.15) is 0 Å². The summed E-state index contributed by atoms with van der Waals surface area (Å²) in [4.78, 5) is 25.5. The second kappa shape index (κ2) is 9.68. The van der Waals surface area contributed by atoms with Crippen molar-refractivity contribution in [2.24, 2.45) is 0 Å². The number of halogens is 1. The lowest BCUT2D eigenvalue weighted by Crippen LogP contribution is -2.37. The van der Waals surface area contributed by atoms with E-state index in [1.807, 2.05) is 23.9 Å². The van der Waals surface area contributed by atoms with Gasteiger partial charge >= 0.3 is 6.03 Å². The maximum Gasteiger partial charge on any atom is 0.323 e. The molecule has 3 rings (SSSR count). The fraction of sp³-hybridized carbons (Fsp3) is 0.421. The van der Waals surface area contributed by atoms with Crippen molar-refractivity contribution in [3.8, 4) is 11.5 Å².